The summed E-state index contributed by atoms with van der Waals surface area (Å²) in [5.41, 5.74) is 5.25. The van der Waals surface area contributed by atoms with E-state index in [2.05, 4.69) is 59.6 Å². The van der Waals surface area contributed by atoms with Gasteiger partial charge in [-0.05, 0) is 184 Å². The van der Waals surface area contributed by atoms with E-state index in [0.29, 0.717) is 28.1 Å². The molecule has 4 nitrogen and oxygen atoms in total. The second-order valence-corrected chi connectivity index (χ2v) is 21.0. The zero-order chi connectivity index (χ0) is 37.1. The minimum Gasteiger partial charge on any atom is -0.394 e. The molecule has 9 aliphatic rings. The lowest BCUT2D eigenvalue weighted by Crippen LogP contribution is -2.51. The van der Waals surface area contributed by atoms with Gasteiger partial charge in [0.2, 0.25) is 0 Å². The lowest BCUT2D eigenvalue weighted by molar-refractivity contribution is -0.0752. The van der Waals surface area contributed by atoms with E-state index in [1.165, 1.54) is 96.3 Å². The molecule has 52 heavy (non-hydrogen) atoms. The first-order chi connectivity index (χ1) is 24.8. The molecule has 1 saturated heterocycles. The second kappa shape index (κ2) is 15.1. The number of ether oxygens (including phenoxy) is 1. The number of fused-ring (bicyclic) bond motifs is 10. The summed E-state index contributed by atoms with van der Waals surface area (Å²) in [6.07, 6.45) is 33.4. The molecule has 9 rings (SSSR count). The quantitative estimate of drug-likeness (QED) is 0.197. The Hall–Kier alpha value is -1.12. The van der Waals surface area contributed by atoms with Gasteiger partial charge in [-0.2, -0.15) is 0 Å². The number of allylic oxidation sites excluding steroid dienone is 4. The van der Waals surface area contributed by atoms with Crippen LogP contribution >= 0.6 is 0 Å². The Morgan fingerprint density at radius 2 is 1.27 bits per heavy atom. The van der Waals surface area contributed by atoms with Gasteiger partial charge in [0.1, 0.15) is 0 Å². The van der Waals surface area contributed by atoms with Crippen LogP contribution in [0.3, 0.4) is 0 Å². The van der Waals surface area contributed by atoms with E-state index in [1.807, 2.05) is 5.57 Å². The van der Waals surface area contributed by atoms with Crippen LogP contribution < -0.4 is 0 Å². The van der Waals surface area contributed by atoms with Crippen LogP contribution in [0.2, 0.25) is 0 Å². The van der Waals surface area contributed by atoms with Crippen LogP contribution in [0.5, 0.6) is 0 Å². The first kappa shape index (κ1) is 39.1. The van der Waals surface area contributed by atoms with Crippen LogP contribution in [0.25, 0.3) is 0 Å². The van der Waals surface area contributed by atoms with Gasteiger partial charge >= 0.3 is 0 Å². The summed E-state index contributed by atoms with van der Waals surface area (Å²) in [6, 6.07) is 0. The Labute approximate surface area is 318 Å². The Kier molecular flexibility index (Phi) is 11.4. The van der Waals surface area contributed by atoms with Gasteiger partial charge in [-0.15, -0.1) is 12.3 Å². The van der Waals surface area contributed by atoms with Crippen LogP contribution in [0, 0.1) is 93.2 Å². The van der Waals surface area contributed by atoms with E-state index < -0.39 is 12.4 Å². The fourth-order valence-electron chi connectivity index (χ4n) is 15.3. The third-order valence-electron chi connectivity index (χ3n) is 18.5. The molecule has 0 amide bonds. The zero-order valence-electron chi connectivity index (χ0n) is 34.1. The van der Waals surface area contributed by atoms with E-state index in [0.717, 1.165) is 73.2 Å². The highest BCUT2D eigenvalue weighted by molar-refractivity contribution is 5.27. The average Bonchev–Trinajstić information content (AvgIpc) is 3.85. The highest BCUT2D eigenvalue weighted by atomic mass is 16.6. The van der Waals surface area contributed by atoms with Crippen LogP contribution in [0.4, 0.5) is 0 Å². The fourth-order valence-corrected chi connectivity index (χ4v) is 15.3. The lowest BCUT2D eigenvalue weighted by Gasteiger charge is -2.58. The molecule has 8 aliphatic carbocycles. The van der Waals surface area contributed by atoms with E-state index in [4.69, 9.17) is 16.3 Å². The van der Waals surface area contributed by atoms with Crippen molar-refractivity contribution in [1.82, 2.24) is 0 Å². The predicted molar refractivity (Wildman–Crippen MR) is 212 cm³/mol. The molecule has 3 N–H and O–H groups in total. The van der Waals surface area contributed by atoms with Crippen LogP contribution in [-0.2, 0) is 4.74 Å². The maximum absolute atomic E-state index is 10.4. The molecule has 0 radical (unpaired) electrons. The second-order valence-electron chi connectivity index (χ2n) is 21.0. The third kappa shape index (κ3) is 6.64. The van der Waals surface area contributed by atoms with Crippen LogP contribution in [0.15, 0.2) is 23.3 Å². The SMILES string of the molecule is C#C[C@H]1CCC2C3CC=C4C[C@@H](C)CC[C@]4(C)C3CC[C@@]21C.C[C@H]1CC[C@@]2(C)C(=CCC3C2CC[C@@]2(C)C3CC[C@@H]2C(O)CO)C1.OC1CCCO1. The largest absolute Gasteiger partial charge is 0.394 e. The molecular formula is C48H76O4. The summed E-state index contributed by atoms with van der Waals surface area (Å²) in [4.78, 5) is 0. The molecule has 292 valence electrons. The summed E-state index contributed by atoms with van der Waals surface area (Å²) in [6.45, 7) is 15.7. The van der Waals surface area contributed by atoms with Crippen molar-refractivity contribution in [3.8, 4) is 12.3 Å². The minimum atomic E-state index is -0.516. The molecule has 1 aliphatic heterocycles. The van der Waals surface area contributed by atoms with Gasteiger partial charge in [-0.1, -0.05) is 64.8 Å². The van der Waals surface area contributed by atoms with Crippen molar-refractivity contribution < 1.29 is 20.1 Å². The van der Waals surface area contributed by atoms with Gasteiger partial charge in [-0.3, -0.25) is 0 Å². The Balaban J connectivity index is 0.000000140. The number of aliphatic hydroxyl groups is 3. The van der Waals surface area contributed by atoms with E-state index >= 15 is 0 Å². The van der Waals surface area contributed by atoms with Crippen LogP contribution in [-0.4, -0.2) is 40.9 Å². The molecular weight excluding hydrogens is 641 g/mol. The molecule has 0 spiro atoms. The Morgan fingerprint density at radius 1 is 0.731 bits per heavy atom. The standard InChI is InChI=1S/C22H36O2.C22H32.C4H8O2/c1-14-8-10-21(2)15(12-14)4-5-16-17-6-7-19(20(24)13-23)22(17,3)11-9-18(16)21;1-5-16-7-9-19-18-8-6-17-14-15(2)10-12-22(17,4)20(18)11-13-21(16,19)3;5-4-2-1-3-6-4/h4,14,16-20,23-24H,5-13H2,1-3H3;1,6,15-16,18-20H,7-14H2,2-4H3;4-5H,1-3H2/t14-,16?,17?,18?,19+,20?,21-,22-;15-,16-,18?,19?,20?,21+,22-;/m00./s1. The third-order valence-corrected chi connectivity index (χ3v) is 18.5. The molecule has 6 saturated carbocycles. The van der Waals surface area contributed by atoms with Gasteiger partial charge < -0.3 is 20.1 Å². The maximum atomic E-state index is 10.4. The van der Waals surface area contributed by atoms with E-state index in [9.17, 15) is 10.2 Å². The number of hydrogen-bond acceptors (Lipinski definition) is 4. The number of hydrogen-bond donors (Lipinski definition) is 3. The monoisotopic (exact) mass is 717 g/mol. The summed E-state index contributed by atoms with van der Waals surface area (Å²) in [5.74, 6) is 10.9. The molecule has 0 bridgehead atoms. The van der Waals surface area contributed by atoms with Crippen molar-refractivity contribution in [2.45, 2.75) is 170 Å². The summed E-state index contributed by atoms with van der Waals surface area (Å²) >= 11 is 0. The van der Waals surface area contributed by atoms with Gasteiger partial charge in [0.15, 0.2) is 6.29 Å². The van der Waals surface area contributed by atoms with Gasteiger partial charge in [0.25, 0.3) is 0 Å². The van der Waals surface area contributed by atoms with Gasteiger partial charge in [0.05, 0.1) is 12.7 Å². The number of terminal acetylenes is 1. The normalized spacial score (nSPS) is 50.7. The molecule has 1 heterocycles. The molecule has 0 aromatic heterocycles. The predicted octanol–water partition coefficient (Wildman–Crippen LogP) is 10.5. The lowest BCUT2D eigenvalue weighted by atomic mass is 9.47. The first-order valence-corrected chi connectivity index (χ1v) is 22.2. The van der Waals surface area contributed by atoms with Crippen molar-refractivity contribution in [3.63, 3.8) is 0 Å². The smallest absolute Gasteiger partial charge is 0.154 e. The molecule has 4 heteroatoms. The number of rotatable bonds is 2. The molecule has 16 atom stereocenters. The van der Waals surface area contributed by atoms with E-state index in [1.54, 1.807) is 5.57 Å². The first-order valence-electron chi connectivity index (χ1n) is 22.2. The molecule has 0 aromatic rings. The summed E-state index contributed by atoms with van der Waals surface area (Å²) in [7, 11) is 0. The molecule has 8 unspecified atom stereocenters. The highest BCUT2D eigenvalue weighted by Gasteiger charge is 2.60. The highest BCUT2D eigenvalue weighted by Crippen LogP contribution is 2.68. The van der Waals surface area contributed by atoms with Gasteiger partial charge in [-0.25, -0.2) is 0 Å². The minimum absolute atomic E-state index is 0.0687. The maximum Gasteiger partial charge on any atom is 0.154 e. The summed E-state index contributed by atoms with van der Waals surface area (Å²) < 4.78 is 4.71. The Bertz CT molecular complexity index is 1370. The van der Waals surface area contributed by atoms with E-state index in [-0.39, 0.29) is 12.0 Å². The topological polar surface area (TPSA) is 69.9 Å². The van der Waals surface area contributed by atoms with Crippen molar-refractivity contribution in [2.75, 3.05) is 13.2 Å². The summed E-state index contributed by atoms with van der Waals surface area (Å²) in [5, 5.41) is 28.4. The van der Waals surface area contributed by atoms with Gasteiger partial charge in [0, 0.05) is 18.9 Å². The Morgan fingerprint density at radius 3 is 1.75 bits per heavy atom. The fraction of sp³-hybridized carbons (Fsp3) is 0.875. The van der Waals surface area contributed by atoms with Crippen LogP contribution in [0.1, 0.15) is 157 Å². The molecule has 0 aromatic carbocycles. The van der Waals surface area contributed by atoms with Crippen molar-refractivity contribution in [1.29, 1.82) is 0 Å². The van der Waals surface area contributed by atoms with Crippen molar-refractivity contribution >= 4 is 0 Å². The average molecular weight is 717 g/mol. The van der Waals surface area contributed by atoms with Crippen molar-refractivity contribution in [2.24, 2.45) is 80.8 Å². The molecule has 7 fully saturated rings. The number of aliphatic hydroxyl groups excluding tert-OH is 3. The zero-order valence-corrected chi connectivity index (χ0v) is 34.1. The van der Waals surface area contributed by atoms with Crippen molar-refractivity contribution in [3.05, 3.63) is 23.3 Å².